The number of aromatic nitrogens is 2. The first-order valence-corrected chi connectivity index (χ1v) is 8.15. The summed E-state index contributed by atoms with van der Waals surface area (Å²) >= 11 is 0. The van der Waals surface area contributed by atoms with Crippen LogP contribution < -0.4 is 0 Å². The quantitative estimate of drug-likeness (QED) is 0.917. The van der Waals surface area contributed by atoms with Gasteiger partial charge in [-0.2, -0.15) is 5.10 Å². The Bertz CT molecular complexity index is 658. The minimum Gasteiger partial charge on any atom is -0.382 e. The monoisotopic (exact) mass is 304 g/mol. The van der Waals surface area contributed by atoms with E-state index in [4.69, 9.17) is 0 Å². The Labute approximate surface area is 133 Å². The molecule has 4 heteroatoms. The minimum atomic E-state index is -1.09. The van der Waals surface area contributed by atoms with Gasteiger partial charge in [-0.15, -0.1) is 0 Å². The van der Waals surface area contributed by atoms with E-state index in [-0.39, 0.29) is 7.21 Å². The SMILES string of the molecule is CC.CC(=O)C1(O)CCC(c2ccc3nn(C)cc3c2)CC1.[HH]. The molecule has 22 heavy (non-hydrogen) atoms. The summed E-state index contributed by atoms with van der Waals surface area (Å²) in [5.41, 5.74) is 1.21. The van der Waals surface area contributed by atoms with Gasteiger partial charge < -0.3 is 5.11 Å². The zero-order valence-electron chi connectivity index (χ0n) is 14.0. The van der Waals surface area contributed by atoms with Crippen molar-refractivity contribution in [1.29, 1.82) is 0 Å². The van der Waals surface area contributed by atoms with Crippen LogP contribution in [-0.4, -0.2) is 26.3 Å². The van der Waals surface area contributed by atoms with E-state index in [9.17, 15) is 9.90 Å². The molecule has 1 N–H and O–H groups in total. The number of fused-ring (bicyclic) bond motifs is 1. The molecule has 0 aliphatic heterocycles. The zero-order valence-corrected chi connectivity index (χ0v) is 14.0. The maximum atomic E-state index is 11.5. The smallest absolute Gasteiger partial charge is 0.161 e. The summed E-state index contributed by atoms with van der Waals surface area (Å²) in [4.78, 5) is 11.5. The number of nitrogens with zero attached hydrogens (tertiary/aromatic N) is 2. The van der Waals surface area contributed by atoms with Crippen LogP contribution in [0.5, 0.6) is 0 Å². The lowest BCUT2D eigenvalue weighted by molar-refractivity contribution is -0.138. The second kappa shape index (κ2) is 6.61. The molecule has 0 radical (unpaired) electrons. The van der Waals surface area contributed by atoms with Gasteiger partial charge in [0.25, 0.3) is 0 Å². The van der Waals surface area contributed by atoms with Crippen LogP contribution in [0, 0.1) is 0 Å². The van der Waals surface area contributed by atoms with Gasteiger partial charge in [0.2, 0.25) is 0 Å². The van der Waals surface area contributed by atoms with Crippen molar-refractivity contribution in [1.82, 2.24) is 9.78 Å². The summed E-state index contributed by atoms with van der Waals surface area (Å²) in [6, 6.07) is 6.36. The number of ketones is 1. The van der Waals surface area contributed by atoms with Crippen LogP contribution in [0.1, 0.15) is 59.4 Å². The molecule has 0 spiro atoms. The third-order valence-electron chi connectivity index (χ3n) is 4.58. The fraction of sp³-hybridized carbons (Fsp3) is 0.556. The maximum Gasteiger partial charge on any atom is 0.161 e. The molecule has 4 nitrogen and oxygen atoms in total. The lowest BCUT2D eigenvalue weighted by Crippen LogP contribution is -2.40. The Kier molecular flexibility index (Phi) is 5.01. The van der Waals surface area contributed by atoms with Crippen LogP contribution in [0.3, 0.4) is 0 Å². The Morgan fingerprint density at radius 3 is 2.59 bits per heavy atom. The summed E-state index contributed by atoms with van der Waals surface area (Å²) in [7, 11) is 1.92. The molecule has 0 unspecified atom stereocenters. The highest BCUT2D eigenvalue weighted by Crippen LogP contribution is 2.39. The van der Waals surface area contributed by atoms with Crippen LogP contribution in [-0.2, 0) is 11.8 Å². The molecule has 0 amide bonds. The number of carbonyl (C=O) groups is 1. The second-order valence-corrected chi connectivity index (χ2v) is 5.98. The Morgan fingerprint density at radius 2 is 2.00 bits per heavy atom. The third-order valence-corrected chi connectivity index (χ3v) is 4.58. The Hall–Kier alpha value is -1.68. The molecule has 3 rings (SSSR count). The number of hydrogen-bond donors (Lipinski definition) is 1. The van der Waals surface area contributed by atoms with Gasteiger partial charge in [0.05, 0.1) is 5.52 Å². The van der Waals surface area contributed by atoms with Crippen molar-refractivity contribution in [2.75, 3.05) is 0 Å². The van der Waals surface area contributed by atoms with E-state index in [0.717, 1.165) is 23.7 Å². The van der Waals surface area contributed by atoms with E-state index in [0.29, 0.717) is 18.8 Å². The van der Waals surface area contributed by atoms with E-state index in [1.165, 1.54) is 12.5 Å². The lowest BCUT2D eigenvalue weighted by atomic mass is 9.74. The maximum absolute atomic E-state index is 11.5. The van der Waals surface area contributed by atoms with Crippen molar-refractivity contribution in [3.63, 3.8) is 0 Å². The van der Waals surface area contributed by atoms with Crippen LogP contribution >= 0.6 is 0 Å². The molecule has 2 aromatic rings. The van der Waals surface area contributed by atoms with Crippen molar-refractivity contribution in [3.8, 4) is 0 Å². The first kappa shape index (κ1) is 16.7. The number of rotatable bonds is 2. The molecule has 1 saturated carbocycles. The number of hydrogen-bond acceptors (Lipinski definition) is 3. The average molecular weight is 304 g/mol. The van der Waals surface area contributed by atoms with Gasteiger partial charge in [0.15, 0.2) is 5.78 Å². The number of aliphatic hydroxyl groups is 1. The summed E-state index contributed by atoms with van der Waals surface area (Å²) in [6.45, 7) is 5.49. The van der Waals surface area contributed by atoms with E-state index in [1.807, 2.05) is 31.8 Å². The molecule has 1 aromatic heterocycles. The van der Waals surface area contributed by atoms with Crippen molar-refractivity contribution >= 4 is 16.7 Å². The largest absolute Gasteiger partial charge is 0.382 e. The molecule has 122 valence electrons. The van der Waals surface area contributed by atoms with E-state index >= 15 is 0 Å². The molecule has 1 heterocycles. The van der Waals surface area contributed by atoms with Crippen LogP contribution in [0.25, 0.3) is 10.9 Å². The molecular weight excluding hydrogens is 276 g/mol. The van der Waals surface area contributed by atoms with Crippen molar-refractivity contribution in [2.45, 2.75) is 58.0 Å². The van der Waals surface area contributed by atoms with Gasteiger partial charge in [-0.05, 0) is 56.2 Å². The predicted octanol–water partition coefficient (Wildman–Crippen LogP) is 3.82. The zero-order chi connectivity index (χ0) is 16.3. The standard InChI is InChI=1S/C16H20N2O2.C2H6.H2/c1-11(19)16(20)7-5-12(6-8-16)13-3-4-15-14(9-13)10-18(2)17-15;1-2;/h3-4,9-10,12,20H,5-8H2,1-2H3;1-2H3;1H. The first-order chi connectivity index (χ1) is 10.5. The van der Waals surface area contributed by atoms with Gasteiger partial charge in [-0.1, -0.05) is 19.9 Å². The van der Waals surface area contributed by atoms with Crippen molar-refractivity contribution < 1.29 is 11.3 Å². The summed E-state index contributed by atoms with van der Waals surface area (Å²) in [5.74, 6) is 0.331. The molecule has 0 atom stereocenters. The first-order valence-electron chi connectivity index (χ1n) is 8.15. The van der Waals surface area contributed by atoms with E-state index in [1.54, 1.807) is 0 Å². The van der Waals surface area contributed by atoms with Gasteiger partial charge >= 0.3 is 0 Å². The molecule has 1 aliphatic carbocycles. The summed E-state index contributed by atoms with van der Waals surface area (Å²) in [6.07, 6.45) is 4.88. The predicted molar refractivity (Wildman–Crippen MR) is 91.0 cm³/mol. The van der Waals surface area contributed by atoms with Crippen LogP contribution in [0.15, 0.2) is 24.4 Å². The van der Waals surface area contributed by atoms with Gasteiger partial charge in [-0.3, -0.25) is 9.48 Å². The fourth-order valence-corrected chi connectivity index (χ4v) is 3.20. The van der Waals surface area contributed by atoms with Gasteiger partial charge in [0.1, 0.15) is 5.60 Å². The number of Topliss-reactive ketones (excluding diaryl/α,β-unsaturated/α-hetero) is 1. The topological polar surface area (TPSA) is 55.1 Å². The number of aryl methyl sites for hydroxylation is 1. The Morgan fingerprint density at radius 1 is 1.36 bits per heavy atom. The van der Waals surface area contributed by atoms with Gasteiger partial charge in [-0.25, -0.2) is 0 Å². The highest BCUT2D eigenvalue weighted by molar-refractivity contribution is 5.84. The lowest BCUT2D eigenvalue weighted by Gasteiger charge is -2.34. The van der Waals surface area contributed by atoms with E-state index < -0.39 is 5.60 Å². The van der Waals surface area contributed by atoms with E-state index in [2.05, 4.69) is 23.3 Å². The van der Waals surface area contributed by atoms with Crippen LogP contribution in [0.4, 0.5) is 0 Å². The second-order valence-electron chi connectivity index (χ2n) is 5.98. The molecule has 0 bridgehead atoms. The van der Waals surface area contributed by atoms with Crippen molar-refractivity contribution in [2.24, 2.45) is 7.05 Å². The average Bonchev–Trinajstić information content (AvgIpc) is 2.89. The molecular formula is C18H28N2O2. The third kappa shape index (κ3) is 3.22. The highest BCUT2D eigenvalue weighted by atomic mass is 16.3. The fourth-order valence-electron chi connectivity index (χ4n) is 3.20. The van der Waals surface area contributed by atoms with Gasteiger partial charge in [0, 0.05) is 20.1 Å². The summed E-state index contributed by atoms with van der Waals surface area (Å²) in [5, 5.41) is 15.8. The molecule has 1 aliphatic rings. The molecule has 0 saturated heterocycles. The van der Waals surface area contributed by atoms with Crippen LogP contribution in [0.2, 0.25) is 0 Å². The van der Waals surface area contributed by atoms with Crippen molar-refractivity contribution in [3.05, 3.63) is 30.0 Å². The number of carbonyl (C=O) groups excluding carboxylic acids is 1. The number of benzene rings is 1. The normalized spacial score (nSPS) is 24.7. The highest BCUT2D eigenvalue weighted by Gasteiger charge is 2.37. The summed E-state index contributed by atoms with van der Waals surface area (Å²) < 4.78 is 1.82. The molecule has 1 aromatic carbocycles. The molecule has 1 fully saturated rings. The Balaban J connectivity index is 0.000000849. The minimum absolute atomic E-state index is 0.